The first kappa shape index (κ1) is 8.88. The molecule has 0 spiro atoms. The summed E-state index contributed by atoms with van der Waals surface area (Å²) in [4.78, 5) is 7.88. The number of ether oxygens (including phenoxy) is 1. The van der Waals surface area contributed by atoms with Crippen LogP contribution in [0.1, 0.15) is 5.82 Å². The molecular formula is C11H13N3O. The molecule has 3 rings (SSSR count). The van der Waals surface area contributed by atoms with Crippen LogP contribution in [0.4, 0.5) is 0 Å². The zero-order valence-electron chi connectivity index (χ0n) is 8.36. The predicted octanol–water partition coefficient (Wildman–Crippen LogP) is 0.790. The highest BCUT2D eigenvalue weighted by molar-refractivity contribution is 5.75. The summed E-state index contributed by atoms with van der Waals surface area (Å²) in [5, 5.41) is 0. The first-order valence-corrected chi connectivity index (χ1v) is 5.07. The van der Waals surface area contributed by atoms with Crippen molar-refractivity contribution in [3.63, 3.8) is 0 Å². The number of para-hydroxylation sites is 2. The highest BCUT2D eigenvalue weighted by Crippen LogP contribution is 2.30. The monoisotopic (exact) mass is 203 g/mol. The maximum Gasteiger partial charge on any atom is 0.119 e. The van der Waals surface area contributed by atoms with Crippen LogP contribution in [0.15, 0.2) is 24.3 Å². The van der Waals surface area contributed by atoms with E-state index in [-0.39, 0.29) is 5.41 Å². The Morgan fingerprint density at radius 1 is 1.40 bits per heavy atom. The second-order valence-electron chi connectivity index (χ2n) is 4.08. The maximum atomic E-state index is 5.78. The quantitative estimate of drug-likeness (QED) is 0.758. The van der Waals surface area contributed by atoms with Crippen molar-refractivity contribution in [3.8, 4) is 0 Å². The van der Waals surface area contributed by atoms with Crippen molar-refractivity contribution in [1.29, 1.82) is 0 Å². The number of nitrogens with two attached hydrogens (primary N) is 1. The Labute approximate surface area is 87.4 Å². The molecule has 15 heavy (non-hydrogen) atoms. The molecule has 0 aliphatic carbocycles. The zero-order valence-corrected chi connectivity index (χ0v) is 8.36. The molecule has 4 heteroatoms. The molecule has 0 unspecified atom stereocenters. The van der Waals surface area contributed by atoms with Crippen molar-refractivity contribution in [2.75, 3.05) is 19.8 Å². The molecule has 0 amide bonds. The number of fused-ring (bicyclic) bond motifs is 1. The lowest BCUT2D eigenvalue weighted by molar-refractivity contribution is -0.0588. The van der Waals surface area contributed by atoms with Gasteiger partial charge in [-0.05, 0) is 12.1 Å². The highest BCUT2D eigenvalue weighted by atomic mass is 16.5. The van der Waals surface area contributed by atoms with Gasteiger partial charge in [-0.2, -0.15) is 0 Å². The number of aromatic amines is 1. The van der Waals surface area contributed by atoms with Crippen molar-refractivity contribution < 1.29 is 4.74 Å². The maximum absolute atomic E-state index is 5.78. The smallest absolute Gasteiger partial charge is 0.119 e. The molecule has 1 aliphatic rings. The summed E-state index contributed by atoms with van der Waals surface area (Å²) < 4.78 is 5.24. The van der Waals surface area contributed by atoms with Gasteiger partial charge in [0.15, 0.2) is 0 Å². The molecule has 1 aliphatic heterocycles. The standard InChI is InChI=1S/C11H13N3O/c12-5-11(6-15-7-11)10-13-8-3-1-2-4-9(8)14-10/h1-4H,5-7,12H2,(H,13,14). The van der Waals surface area contributed by atoms with Gasteiger partial charge in [0.25, 0.3) is 0 Å². The van der Waals surface area contributed by atoms with Gasteiger partial charge in [0.1, 0.15) is 5.82 Å². The Morgan fingerprint density at radius 3 is 2.80 bits per heavy atom. The van der Waals surface area contributed by atoms with Crippen LogP contribution < -0.4 is 5.73 Å². The third kappa shape index (κ3) is 1.19. The first-order valence-electron chi connectivity index (χ1n) is 5.07. The van der Waals surface area contributed by atoms with E-state index in [1.165, 1.54) is 0 Å². The number of rotatable bonds is 2. The predicted molar refractivity (Wildman–Crippen MR) is 57.6 cm³/mol. The Balaban J connectivity index is 2.11. The lowest BCUT2D eigenvalue weighted by Gasteiger charge is -2.38. The third-order valence-electron chi connectivity index (χ3n) is 3.04. The molecule has 0 radical (unpaired) electrons. The number of imidazole rings is 1. The highest BCUT2D eigenvalue weighted by Gasteiger charge is 2.41. The van der Waals surface area contributed by atoms with Crippen LogP contribution in [-0.4, -0.2) is 29.7 Å². The van der Waals surface area contributed by atoms with Gasteiger partial charge in [-0.15, -0.1) is 0 Å². The first-order chi connectivity index (χ1) is 7.34. The van der Waals surface area contributed by atoms with E-state index in [2.05, 4.69) is 9.97 Å². The molecule has 4 nitrogen and oxygen atoms in total. The molecule has 3 N–H and O–H groups in total. The minimum Gasteiger partial charge on any atom is -0.379 e. The van der Waals surface area contributed by atoms with Crippen LogP contribution in [0.25, 0.3) is 11.0 Å². The number of hydrogen-bond donors (Lipinski definition) is 2. The van der Waals surface area contributed by atoms with Crippen molar-refractivity contribution >= 4 is 11.0 Å². The molecule has 1 aromatic heterocycles. The zero-order chi connectivity index (χ0) is 10.3. The van der Waals surface area contributed by atoms with Gasteiger partial charge in [-0.3, -0.25) is 0 Å². The van der Waals surface area contributed by atoms with E-state index in [9.17, 15) is 0 Å². The van der Waals surface area contributed by atoms with Crippen LogP contribution in [-0.2, 0) is 10.2 Å². The SMILES string of the molecule is NCC1(c2nc3ccccc3[nH]2)COC1. The van der Waals surface area contributed by atoms with Gasteiger partial charge in [-0.1, -0.05) is 12.1 Å². The van der Waals surface area contributed by atoms with Crippen LogP contribution in [0.2, 0.25) is 0 Å². The fraction of sp³-hybridized carbons (Fsp3) is 0.364. The van der Waals surface area contributed by atoms with Gasteiger partial charge in [0.2, 0.25) is 0 Å². The van der Waals surface area contributed by atoms with Crippen LogP contribution in [0.3, 0.4) is 0 Å². The molecule has 0 atom stereocenters. The fourth-order valence-electron chi connectivity index (χ4n) is 1.90. The van der Waals surface area contributed by atoms with Crippen LogP contribution >= 0.6 is 0 Å². The van der Waals surface area contributed by atoms with Gasteiger partial charge >= 0.3 is 0 Å². The van der Waals surface area contributed by atoms with E-state index < -0.39 is 0 Å². The molecule has 1 saturated heterocycles. The number of H-pyrrole nitrogens is 1. The number of benzene rings is 1. The summed E-state index contributed by atoms with van der Waals surface area (Å²) in [5.74, 6) is 0.956. The lowest BCUT2D eigenvalue weighted by Crippen LogP contribution is -2.52. The minimum atomic E-state index is -0.0843. The second-order valence-corrected chi connectivity index (χ2v) is 4.08. The average Bonchev–Trinajstić information content (AvgIpc) is 2.60. The van der Waals surface area contributed by atoms with Crippen molar-refractivity contribution in [3.05, 3.63) is 30.1 Å². The summed E-state index contributed by atoms with van der Waals surface area (Å²) in [5.41, 5.74) is 7.75. The largest absolute Gasteiger partial charge is 0.379 e. The molecule has 2 aromatic rings. The number of aromatic nitrogens is 2. The van der Waals surface area contributed by atoms with Gasteiger partial charge in [-0.25, -0.2) is 4.98 Å². The fourth-order valence-corrected chi connectivity index (χ4v) is 1.90. The topological polar surface area (TPSA) is 63.9 Å². The van der Waals surface area contributed by atoms with E-state index in [0.717, 1.165) is 16.9 Å². The van der Waals surface area contributed by atoms with Gasteiger partial charge < -0.3 is 15.5 Å². The summed E-state index contributed by atoms with van der Waals surface area (Å²) in [6, 6.07) is 8.00. The molecule has 2 heterocycles. The number of hydrogen-bond acceptors (Lipinski definition) is 3. The molecular weight excluding hydrogens is 190 g/mol. The Morgan fingerprint density at radius 2 is 2.20 bits per heavy atom. The Hall–Kier alpha value is -1.39. The molecule has 78 valence electrons. The number of nitrogens with one attached hydrogen (secondary N) is 1. The van der Waals surface area contributed by atoms with E-state index in [1.54, 1.807) is 0 Å². The van der Waals surface area contributed by atoms with Crippen molar-refractivity contribution in [2.45, 2.75) is 5.41 Å². The molecule has 0 bridgehead atoms. The summed E-state index contributed by atoms with van der Waals surface area (Å²) in [7, 11) is 0. The van der Waals surface area contributed by atoms with Gasteiger partial charge in [0.05, 0.1) is 29.7 Å². The molecule has 0 saturated carbocycles. The average molecular weight is 203 g/mol. The second kappa shape index (κ2) is 3.05. The van der Waals surface area contributed by atoms with E-state index in [1.807, 2.05) is 24.3 Å². The molecule has 1 fully saturated rings. The Bertz CT molecular complexity index is 449. The lowest BCUT2D eigenvalue weighted by atomic mass is 9.85. The van der Waals surface area contributed by atoms with E-state index >= 15 is 0 Å². The summed E-state index contributed by atoms with van der Waals surface area (Å²) in [6.07, 6.45) is 0. The molecule has 1 aromatic carbocycles. The van der Waals surface area contributed by atoms with Crippen molar-refractivity contribution in [1.82, 2.24) is 9.97 Å². The van der Waals surface area contributed by atoms with Gasteiger partial charge in [0, 0.05) is 6.54 Å². The normalized spacial score (nSPS) is 19.0. The minimum absolute atomic E-state index is 0.0843. The summed E-state index contributed by atoms with van der Waals surface area (Å²) in [6.45, 7) is 1.92. The van der Waals surface area contributed by atoms with E-state index in [0.29, 0.717) is 19.8 Å². The van der Waals surface area contributed by atoms with Crippen LogP contribution in [0, 0.1) is 0 Å². The number of nitrogens with zero attached hydrogens (tertiary/aromatic N) is 1. The van der Waals surface area contributed by atoms with Crippen LogP contribution in [0.5, 0.6) is 0 Å². The van der Waals surface area contributed by atoms with Crippen molar-refractivity contribution in [2.24, 2.45) is 5.73 Å². The Kier molecular flexibility index (Phi) is 1.81. The summed E-state index contributed by atoms with van der Waals surface area (Å²) >= 11 is 0. The van der Waals surface area contributed by atoms with E-state index in [4.69, 9.17) is 10.5 Å². The third-order valence-corrected chi connectivity index (χ3v) is 3.04.